The van der Waals surface area contributed by atoms with Crippen molar-refractivity contribution in [3.05, 3.63) is 65.1 Å². The van der Waals surface area contributed by atoms with Crippen LogP contribution < -0.4 is 14.8 Å². The van der Waals surface area contributed by atoms with Gasteiger partial charge in [0.15, 0.2) is 0 Å². The van der Waals surface area contributed by atoms with Crippen LogP contribution in [0.25, 0.3) is 11.0 Å². The highest BCUT2D eigenvalue weighted by atomic mass is 19.1. The summed E-state index contributed by atoms with van der Waals surface area (Å²) in [5.41, 5.74) is 4.71. The minimum Gasteiger partial charge on any atom is -0.518 e. The fourth-order valence-corrected chi connectivity index (χ4v) is 5.38. The lowest BCUT2D eigenvalue weighted by atomic mass is 9.93. The van der Waals surface area contributed by atoms with Gasteiger partial charge in [-0.15, -0.1) is 17.3 Å². The van der Waals surface area contributed by atoms with Gasteiger partial charge in [-0.2, -0.15) is 4.98 Å². The van der Waals surface area contributed by atoms with Crippen molar-refractivity contribution in [1.29, 1.82) is 0 Å². The van der Waals surface area contributed by atoms with E-state index >= 15 is 0 Å². The molecular weight excluding hydrogens is 441 g/mol. The number of nitrogens with one attached hydrogen (secondary N) is 1. The fourth-order valence-electron chi connectivity index (χ4n) is 5.38. The lowest BCUT2D eigenvalue weighted by Gasteiger charge is -2.36. The molecule has 5 rings (SSSR count). The second-order valence-corrected chi connectivity index (χ2v) is 10.4. The van der Waals surface area contributed by atoms with Crippen molar-refractivity contribution in [2.24, 2.45) is 5.92 Å². The van der Waals surface area contributed by atoms with E-state index < -0.39 is 0 Å². The number of piperazine rings is 1. The molecule has 2 aliphatic rings. The molecule has 1 unspecified atom stereocenters. The van der Waals surface area contributed by atoms with Crippen LogP contribution >= 0.6 is 0 Å². The first-order chi connectivity index (χ1) is 16.8. The molecule has 186 valence electrons. The van der Waals surface area contributed by atoms with Gasteiger partial charge in [0.05, 0.1) is 6.54 Å². The van der Waals surface area contributed by atoms with Crippen molar-refractivity contribution >= 4 is 22.8 Å². The molecule has 1 aromatic carbocycles. The molecule has 0 spiro atoms. The van der Waals surface area contributed by atoms with Gasteiger partial charge < -0.3 is 9.88 Å². The number of carbonyl (C=O) groups excluding carboxylic acids is 1. The molecule has 0 radical (unpaired) electrons. The lowest BCUT2D eigenvalue weighted by molar-refractivity contribution is -0.636. The molecule has 6 nitrogen and oxygen atoms in total. The Labute approximate surface area is 207 Å². The average molecular weight is 477 g/mol. The molecule has 1 atom stereocenters. The van der Waals surface area contributed by atoms with Crippen LogP contribution in [0.2, 0.25) is 0 Å². The summed E-state index contributed by atoms with van der Waals surface area (Å²) in [6, 6.07) is 12.4. The normalized spacial score (nSPS) is 19.0. The summed E-state index contributed by atoms with van der Waals surface area (Å²) in [5, 5.41) is 4.87. The molecule has 1 amide bonds. The quantitative estimate of drug-likeness (QED) is 0.438. The van der Waals surface area contributed by atoms with Gasteiger partial charge in [-0.3, -0.25) is 14.6 Å². The van der Waals surface area contributed by atoms with Gasteiger partial charge in [0.25, 0.3) is 0 Å². The maximum absolute atomic E-state index is 13.1. The number of pyridine rings is 1. The summed E-state index contributed by atoms with van der Waals surface area (Å²) in [6.45, 7) is 12.2. The molecule has 4 heterocycles. The highest BCUT2D eigenvalue weighted by molar-refractivity contribution is 5.95. The standard InChI is InChI=1S/C28H35FN5O/c1-18(2)24-15-25-23(16-30-24)22-9-10-26(31-28(22)34(25)19(3)4)33-14-13-32(17-27(33)35)12-11-20-5-7-21(29)8-6-20/h5-10,18,24,30H,11-17H2,1-4H3/q-1. The highest BCUT2D eigenvalue weighted by Crippen LogP contribution is 2.29. The Hall–Kier alpha value is -2.90. The predicted octanol–water partition coefficient (Wildman–Crippen LogP) is 3.36. The first-order valence-corrected chi connectivity index (χ1v) is 12.7. The number of nitrogens with zero attached hydrogens (tertiary/aromatic N) is 4. The Morgan fingerprint density at radius 3 is 2.66 bits per heavy atom. The number of fused-ring (bicyclic) bond motifs is 3. The minimum atomic E-state index is -0.221. The van der Waals surface area contributed by atoms with Gasteiger partial charge in [-0.25, -0.2) is 4.39 Å². The van der Waals surface area contributed by atoms with Gasteiger partial charge in [0, 0.05) is 32.2 Å². The second-order valence-electron chi connectivity index (χ2n) is 10.4. The first kappa shape index (κ1) is 23.8. The van der Waals surface area contributed by atoms with Crippen molar-refractivity contribution in [3.63, 3.8) is 0 Å². The molecule has 0 aliphatic carbocycles. The van der Waals surface area contributed by atoms with Crippen LogP contribution in [-0.4, -0.2) is 48.0 Å². The highest BCUT2D eigenvalue weighted by Gasteiger charge is 2.28. The van der Waals surface area contributed by atoms with E-state index in [0.29, 0.717) is 25.0 Å². The van der Waals surface area contributed by atoms with E-state index in [2.05, 4.69) is 48.5 Å². The third-order valence-corrected chi connectivity index (χ3v) is 7.43. The number of hydrogen-bond acceptors (Lipinski definition) is 4. The van der Waals surface area contributed by atoms with Crippen LogP contribution in [0.3, 0.4) is 0 Å². The average Bonchev–Trinajstić information content (AvgIpc) is 3.16. The summed E-state index contributed by atoms with van der Waals surface area (Å²) in [7, 11) is 0. The molecule has 0 saturated carbocycles. The number of anilines is 1. The van der Waals surface area contributed by atoms with E-state index in [1.807, 2.05) is 23.1 Å². The van der Waals surface area contributed by atoms with Crippen LogP contribution in [0.1, 0.15) is 44.5 Å². The Morgan fingerprint density at radius 1 is 1.20 bits per heavy atom. The zero-order valence-electron chi connectivity index (χ0n) is 21.1. The molecule has 0 bridgehead atoms. The molecule has 1 saturated heterocycles. The summed E-state index contributed by atoms with van der Waals surface area (Å²) in [6.07, 6.45) is 1.78. The van der Waals surface area contributed by atoms with E-state index in [1.54, 1.807) is 0 Å². The number of carbonyl (C=O) groups is 1. The summed E-state index contributed by atoms with van der Waals surface area (Å²) >= 11 is 0. The molecule has 7 heteroatoms. The summed E-state index contributed by atoms with van der Waals surface area (Å²) in [5.74, 6) is 1.14. The Morgan fingerprint density at radius 2 is 1.97 bits per heavy atom. The lowest BCUT2D eigenvalue weighted by Crippen LogP contribution is -2.51. The molecule has 2 aromatic heterocycles. The molecular formula is C28H35FN5O-. The summed E-state index contributed by atoms with van der Waals surface area (Å²) in [4.78, 5) is 22.1. The molecule has 35 heavy (non-hydrogen) atoms. The van der Waals surface area contributed by atoms with E-state index in [-0.39, 0.29) is 11.7 Å². The number of aromatic nitrogens is 2. The molecule has 2 aliphatic heterocycles. The van der Waals surface area contributed by atoms with E-state index in [9.17, 15) is 9.18 Å². The van der Waals surface area contributed by atoms with Crippen LogP contribution in [0.5, 0.6) is 0 Å². The first-order valence-electron chi connectivity index (χ1n) is 12.7. The smallest absolute Gasteiger partial charge is 0.243 e. The van der Waals surface area contributed by atoms with E-state index in [1.165, 1.54) is 34.8 Å². The number of rotatable bonds is 6. The molecule has 3 aromatic rings. The largest absolute Gasteiger partial charge is 0.518 e. The fraction of sp³-hybridized carbons (Fsp3) is 0.464. The third-order valence-electron chi connectivity index (χ3n) is 7.43. The van der Waals surface area contributed by atoms with Crippen molar-refractivity contribution in [2.45, 2.75) is 53.1 Å². The van der Waals surface area contributed by atoms with Crippen molar-refractivity contribution in [1.82, 2.24) is 15.2 Å². The van der Waals surface area contributed by atoms with E-state index in [0.717, 1.165) is 49.5 Å². The number of halogens is 1. The Kier molecular flexibility index (Phi) is 6.55. The number of hydrogen-bond donors (Lipinski definition) is 1. The van der Waals surface area contributed by atoms with Gasteiger partial charge >= 0.3 is 0 Å². The van der Waals surface area contributed by atoms with E-state index in [4.69, 9.17) is 4.98 Å². The SMILES string of the molecule is C[C-](C)[n+]1c2nc(N3CCN(CCc4ccc(F)cc4)CC3=O)ccc2c2[c-]1CC(C(C)C)NC2. The second kappa shape index (κ2) is 9.63. The third kappa shape index (κ3) is 4.67. The summed E-state index contributed by atoms with van der Waals surface area (Å²) < 4.78 is 15.4. The zero-order valence-corrected chi connectivity index (χ0v) is 21.1. The van der Waals surface area contributed by atoms with Gasteiger partial charge in [-0.1, -0.05) is 57.7 Å². The molecule has 1 fully saturated rings. The van der Waals surface area contributed by atoms with Gasteiger partial charge in [0.2, 0.25) is 11.7 Å². The van der Waals surface area contributed by atoms with Crippen molar-refractivity contribution in [2.75, 3.05) is 31.1 Å². The number of benzene rings is 1. The zero-order chi connectivity index (χ0) is 24.7. The number of amides is 1. The monoisotopic (exact) mass is 476 g/mol. The van der Waals surface area contributed by atoms with Gasteiger partial charge in [0.1, 0.15) is 11.5 Å². The van der Waals surface area contributed by atoms with Crippen molar-refractivity contribution in [3.8, 4) is 0 Å². The van der Waals surface area contributed by atoms with Crippen LogP contribution in [0.4, 0.5) is 10.2 Å². The Balaban J connectivity index is 1.34. The maximum Gasteiger partial charge on any atom is 0.243 e. The minimum absolute atomic E-state index is 0.0730. The van der Waals surface area contributed by atoms with Gasteiger partial charge in [-0.05, 0) is 36.1 Å². The van der Waals surface area contributed by atoms with Crippen LogP contribution in [0.15, 0.2) is 36.4 Å². The maximum atomic E-state index is 13.1. The predicted molar refractivity (Wildman–Crippen MR) is 136 cm³/mol. The Bertz CT molecular complexity index is 1220. The van der Waals surface area contributed by atoms with Crippen molar-refractivity contribution < 1.29 is 13.8 Å². The van der Waals surface area contributed by atoms with Crippen LogP contribution in [-0.2, 0) is 24.2 Å². The molecule has 1 N–H and O–H groups in total. The topological polar surface area (TPSA) is 52.4 Å². The van der Waals surface area contributed by atoms with Crippen LogP contribution in [0, 0.1) is 17.8 Å².